The first-order chi connectivity index (χ1) is 10.6. The van der Waals surface area contributed by atoms with E-state index in [-0.39, 0.29) is 5.92 Å². The molecule has 2 aromatic carbocycles. The van der Waals surface area contributed by atoms with Gasteiger partial charge in [0.2, 0.25) is 0 Å². The van der Waals surface area contributed by atoms with Gasteiger partial charge >= 0.3 is 11.9 Å². The third-order valence-electron chi connectivity index (χ3n) is 5.25. The van der Waals surface area contributed by atoms with Gasteiger partial charge in [0, 0.05) is 5.92 Å². The van der Waals surface area contributed by atoms with E-state index in [1.807, 2.05) is 36.4 Å². The first-order valence-corrected chi connectivity index (χ1v) is 8.06. The number of ether oxygens (including phenoxy) is 1. The zero-order valence-corrected chi connectivity index (χ0v) is 13.0. The molecule has 2 atom stereocenters. The van der Waals surface area contributed by atoms with E-state index in [4.69, 9.17) is 4.74 Å². The Bertz CT molecular complexity index is 809. The molecule has 0 radical (unpaired) electrons. The zero-order valence-electron chi connectivity index (χ0n) is 11.5. The molecule has 1 aliphatic heterocycles. The van der Waals surface area contributed by atoms with Crippen molar-refractivity contribution in [3.8, 4) is 0 Å². The van der Waals surface area contributed by atoms with Gasteiger partial charge in [-0.1, -0.05) is 64.5 Å². The SMILES string of the molecule is O=C1OC(=O)[C@@H]2[C@H]1C1c3ccccc3C2(Br)c2ccccc21. The van der Waals surface area contributed by atoms with Crippen LogP contribution in [0.25, 0.3) is 0 Å². The van der Waals surface area contributed by atoms with Crippen molar-refractivity contribution < 1.29 is 14.3 Å². The highest BCUT2D eigenvalue weighted by Gasteiger charge is 2.66. The highest BCUT2D eigenvalue weighted by atomic mass is 79.9. The maximum atomic E-state index is 12.4. The van der Waals surface area contributed by atoms with Gasteiger partial charge in [0.05, 0.1) is 16.2 Å². The van der Waals surface area contributed by atoms with Crippen molar-refractivity contribution in [2.75, 3.05) is 0 Å². The molecule has 1 fully saturated rings. The summed E-state index contributed by atoms with van der Waals surface area (Å²) in [5.74, 6) is -1.84. The fourth-order valence-electron chi connectivity index (χ4n) is 4.49. The van der Waals surface area contributed by atoms with Crippen LogP contribution in [-0.4, -0.2) is 11.9 Å². The molecule has 2 aromatic rings. The Morgan fingerprint density at radius 3 is 2.00 bits per heavy atom. The molecule has 0 saturated carbocycles. The lowest BCUT2D eigenvalue weighted by atomic mass is 9.55. The molecular formula is C18H11BrO3. The van der Waals surface area contributed by atoms with E-state index in [1.165, 1.54) is 0 Å². The summed E-state index contributed by atoms with van der Waals surface area (Å²) in [6.07, 6.45) is 0. The van der Waals surface area contributed by atoms with Crippen LogP contribution in [0.1, 0.15) is 28.2 Å². The Balaban J connectivity index is 1.94. The average Bonchev–Trinajstić information content (AvgIpc) is 2.84. The van der Waals surface area contributed by atoms with Gasteiger partial charge in [-0.25, -0.2) is 0 Å². The Morgan fingerprint density at radius 2 is 1.41 bits per heavy atom. The van der Waals surface area contributed by atoms with Crippen molar-refractivity contribution >= 4 is 27.9 Å². The third-order valence-corrected chi connectivity index (χ3v) is 6.60. The summed E-state index contributed by atoms with van der Waals surface area (Å²) in [6, 6.07) is 16.1. The number of halogens is 1. The quantitative estimate of drug-likeness (QED) is 0.414. The van der Waals surface area contributed by atoms with E-state index in [9.17, 15) is 9.59 Å². The highest BCUT2D eigenvalue weighted by Crippen LogP contribution is 2.65. The summed E-state index contributed by atoms with van der Waals surface area (Å²) < 4.78 is 4.33. The molecular weight excluding hydrogens is 344 g/mol. The van der Waals surface area contributed by atoms with Gasteiger partial charge in [0.1, 0.15) is 0 Å². The summed E-state index contributed by atoms with van der Waals surface area (Å²) >= 11 is 3.85. The lowest BCUT2D eigenvalue weighted by Crippen LogP contribution is -2.50. The second kappa shape index (κ2) is 3.87. The Hall–Kier alpha value is -1.94. The fraction of sp³-hybridized carbons (Fsp3) is 0.222. The van der Waals surface area contributed by atoms with Crippen LogP contribution in [0.3, 0.4) is 0 Å². The van der Waals surface area contributed by atoms with Crippen molar-refractivity contribution in [2.45, 2.75) is 10.2 Å². The van der Waals surface area contributed by atoms with Crippen LogP contribution < -0.4 is 0 Å². The number of hydrogen-bond acceptors (Lipinski definition) is 3. The molecule has 0 unspecified atom stereocenters. The number of rotatable bonds is 0. The molecule has 4 heteroatoms. The maximum absolute atomic E-state index is 12.4. The lowest BCUT2D eigenvalue weighted by molar-refractivity contribution is -0.153. The molecule has 4 aliphatic rings. The van der Waals surface area contributed by atoms with E-state index in [1.54, 1.807) is 0 Å². The van der Waals surface area contributed by atoms with E-state index >= 15 is 0 Å². The molecule has 0 amide bonds. The van der Waals surface area contributed by atoms with Crippen LogP contribution in [0.4, 0.5) is 0 Å². The van der Waals surface area contributed by atoms with Gasteiger partial charge in [0.25, 0.3) is 0 Å². The fourth-order valence-corrected chi connectivity index (χ4v) is 5.68. The van der Waals surface area contributed by atoms with Crippen molar-refractivity contribution in [3.63, 3.8) is 0 Å². The average molecular weight is 355 g/mol. The third kappa shape index (κ3) is 1.20. The molecule has 2 bridgehead atoms. The molecule has 1 heterocycles. The summed E-state index contributed by atoms with van der Waals surface area (Å²) in [6.45, 7) is 0. The van der Waals surface area contributed by atoms with Gasteiger partial charge in [-0.15, -0.1) is 0 Å². The van der Waals surface area contributed by atoms with Crippen LogP contribution in [0.5, 0.6) is 0 Å². The maximum Gasteiger partial charge on any atom is 0.319 e. The van der Waals surface area contributed by atoms with E-state index in [2.05, 4.69) is 28.1 Å². The summed E-state index contributed by atoms with van der Waals surface area (Å²) in [5.41, 5.74) is 4.38. The first kappa shape index (κ1) is 12.6. The number of carbonyl (C=O) groups is 2. The molecule has 3 aliphatic carbocycles. The van der Waals surface area contributed by atoms with Crippen LogP contribution in [0.2, 0.25) is 0 Å². The minimum absolute atomic E-state index is 0.101. The largest absolute Gasteiger partial charge is 0.393 e. The molecule has 6 rings (SSSR count). The highest BCUT2D eigenvalue weighted by molar-refractivity contribution is 9.09. The van der Waals surface area contributed by atoms with Crippen LogP contribution >= 0.6 is 15.9 Å². The van der Waals surface area contributed by atoms with Gasteiger partial charge < -0.3 is 4.74 Å². The smallest absolute Gasteiger partial charge is 0.319 e. The van der Waals surface area contributed by atoms with Crippen molar-refractivity contribution in [1.82, 2.24) is 0 Å². The van der Waals surface area contributed by atoms with E-state index in [0.717, 1.165) is 22.3 Å². The van der Waals surface area contributed by atoms with Gasteiger partial charge in [0.15, 0.2) is 0 Å². The predicted molar refractivity (Wildman–Crippen MR) is 82.5 cm³/mol. The summed E-state index contributed by atoms with van der Waals surface area (Å²) in [7, 11) is 0. The second-order valence-electron chi connectivity index (χ2n) is 6.11. The normalized spacial score (nSPS) is 34.0. The standard InChI is InChI=1S/C18H11BrO3/c19-18-11-7-3-1-5-9(11)13(10-6-2-4-8-12(10)18)14-15(18)17(21)22-16(14)20/h1-8,13-15H/t13?,14-,15+,18?/m1/s1. The first-order valence-electron chi connectivity index (χ1n) is 7.27. The molecule has 0 aromatic heterocycles. The van der Waals surface area contributed by atoms with Gasteiger partial charge in [-0.2, -0.15) is 0 Å². The molecule has 108 valence electrons. The number of alkyl halides is 1. The van der Waals surface area contributed by atoms with Crippen LogP contribution in [0, 0.1) is 11.8 Å². The number of carbonyl (C=O) groups excluding carboxylic acids is 2. The minimum atomic E-state index is -0.678. The number of hydrogen-bond donors (Lipinski definition) is 0. The number of cyclic esters (lactones) is 2. The van der Waals surface area contributed by atoms with E-state index in [0.29, 0.717) is 0 Å². The topological polar surface area (TPSA) is 43.4 Å². The van der Waals surface area contributed by atoms with Crippen LogP contribution in [-0.2, 0) is 18.7 Å². The summed E-state index contributed by atoms with van der Waals surface area (Å²) in [5, 5.41) is 0. The number of esters is 2. The predicted octanol–water partition coefficient (Wildman–Crippen LogP) is 3.10. The monoisotopic (exact) mass is 354 g/mol. The Labute approximate surface area is 135 Å². The molecule has 3 nitrogen and oxygen atoms in total. The molecule has 1 saturated heterocycles. The lowest BCUT2D eigenvalue weighted by Gasteiger charge is -2.50. The molecule has 0 N–H and O–H groups in total. The summed E-state index contributed by atoms with van der Waals surface area (Å²) in [4.78, 5) is 24.7. The van der Waals surface area contributed by atoms with Crippen molar-refractivity contribution in [1.29, 1.82) is 0 Å². The Morgan fingerprint density at radius 1 is 0.864 bits per heavy atom. The zero-order chi connectivity index (χ0) is 15.1. The van der Waals surface area contributed by atoms with E-state index < -0.39 is 28.1 Å². The number of benzene rings is 2. The van der Waals surface area contributed by atoms with Gasteiger partial charge in [-0.05, 0) is 22.3 Å². The molecule has 22 heavy (non-hydrogen) atoms. The van der Waals surface area contributed by atoms with Crippen molar-refractivity contribution in [2.24, 2.45) is 11.8 Å². The second-order valence-corrected chi connectivity index (χ2v) is 7.36. The van der Waals surface area contributed by atoms with Gasteiger partial charge in [-0.3, -0.25) is 9.59 Å². The minimum Gasteiger partial charge on any atom is -0.393 e. The van der Waals surface area contributed by atoms with Crippen LogP contribution in [0.15, 0.2) is 48.5 Å². The Kier molecular flexibility index (Phi) is 2.22. The molecule has 0 spiro atoms. The van der Waals surface area contributed by atoms with Crippen molar-refractivity contribution in [3.05, 3.63) is 70.8 Å².